The van der Waals surface area contributed by atoms with E-state index in [-0.39, 0.29) is 35.8 Å². The van der Waals surface area contributed by atoms with E-state index >= 15 is 0 Å². The van der Waals surface area contributed by atoms with Crippen molar-refractivity contribution in [3.63, 3.8) is 0 Å². The molecule has 2 aliphatic heterocycles. The fourth-order valence-electron chi connectivity index (χ4n) is 3.87. The van der Waals surface area contributed by atoms with Crippen LogP contribution >= 0.6 is 0 Å². The first-order chi connectivity index (χ1) is 13.3. The molecule has 28 heavy (non-hydrogen) atoms. The van der Waals surface area contributed by atoms with Gasteiger partial charge >= 0.3 is 5.97 Å². The van der Waals surface area contributed by atoms with Crippen LogP contribution in [-0.4, -0.2) is 64.2 Å². The van der Waals surface area contributed by atoms with Crippen LogP contribution in [0.2, 0.25) is 0 Å². The van der Waals surface area contributed by atoms with Crippen LogP contribution in [0, 0.1) is 12.3 Å². The van der Waals surface area contributed by atoms with Crippen molar-refractivity contribution in [2.75, 3.05) is 24.5 Å². The Kier molecular flexibility index (Phi) is 5.87. The summed E-state index contributed by atoms with van der Waals surface area (Å²) in [5.41, 5.74) is 6.07. The number of carbonyl (C=O) groups excluding carboxylic acids is 1. The molecule has 8 nitrogen and oxygen atoms in total. The lowest BCUT2D eigenvalue weighted by Crippen LogP contribution is -2.56. The molecule has 3 rings (SSSR count). The Hall–Kier alpha value is -2.63. The Morgan fingerprint density at radius 1 is 1.43 bits per heavy atom. The van der Waals surface area contributed by atoms with E-state index in [4.69, 9.17) is 17.3 Å². The zero-order chi connectivity index (χ0) is 20.3. The quantitative estimate of drug-likeness (QED) is 0.638. The molecule has 8 heteroatoms. The Morgan fingerprint density at radius 2 is 2.14 bits per heavy atom. The number of nitrogens with two attached hydrogens (primary N) is 1. The van der Waals surface area contributed by atoms with Gasteiger partial charge in [-0.1, -0.05) is 5.92 Å². The Morgan fingerprint density at radius 3 is 2.79 bits per heavy atom. The Labute approximate surface area is 165 Å². The summed E-state index contributed by atoms with van der Waals surface area (Å²) < 4.78 is 0. The highest BCUT2D eigenvalue weighted by Crippen LogP contribution is 2.26. The van der Waals surface area contributed by atoms with Crippen molar-refractivity contribution in [3.05, 3.63) is 23.9 Å². The van der Waals surface area contributed by atoms with Gasteiger partial charge < -0.3 is 26.0 Å². The number of aromatic nitrogens is 1. The van der Waals surface area contributed by atoms with Crippen molar-refractivity contribution in [1.82, 2.24) is 15.2 Å². The van der Waals surface area contributed by atoms with E-state index in [1.165, 1.54) is 12.3 Å². The highest BCUT2D eigenvalue weighted by atomic mass is 16.4. The summed E-state index contributed by atoms with van der Waals surface area (Å²) in [6.07, 6.45) is 9.83. The molecule has 0 spiro atoms. The maximum absolute atomic E-state index is 12.6. The minimum atomic E-state index is -0.962. The van der Waals surface area contributed by atoms with E-state index in [9.17, 15) is 9.59 Å². The molecule has 2 fully saturated rings. The van der Waals surface area contributed by atoms with E-state index in [2.05, 4.69) is 28.0 Å². The lowest BCUT2D eigenvalue weighted by molar-refractivity contribution is -0.132. The number of pyridine rings is 1. The number of rotatable bonds is 5. The van der Waals surface area contributed by atoms with Crippen LogP contribution in [0.15, 0.2) is 18.3 Å². The zero-order valence-electron chi connectivity index (χ0n) is 16.1. The summed E-state index contributed by atoms with van der Waals surface area (Å²) in [7, 11) is 0. The number of nitrogens with one attached hydrogen (secondary N) is 1. The van der Waals surface area contributed by atoms with Gasteiger partial charge in [-0.2, -0.15) is 0 Å². The van der Waals surface area contributed by atoms with E-state index < -0.39 is 5.97 Å². The van der Waals surface area contributed by atoms with Crippen molar-refractivity contribution < 1.29 is 14.7 Å². The van der Waals surface area contributed by atoms with Crippen LogP contribution in [0.5, 0.6) is 0 Å². The molecule has 2 aliphatic rings. The van der Waals surface area contributed by atoms with Crippen LogP contribution in [0.3, 0.4) is 0 Å². The van der Waals surface area contributed by atoms with Gasteiger partial charge in [-0.3, -0.25) is 4.79 Å². The fraction of sp³-hybridized carbons (Fsp3) is 0.550. The number of carboxylic acid groups (broad SMARTS) is 1. The van der Waals surface area contributed by atoms with E-state index in [1.54, 1.807) is 11.0 Å². The third-order valence-electron chi connectivity index (χ3n) is 5.76. The summed E-state index contributed by atoms with van der Waals surface area (Å²) in [5.74, 6) is 2.29. The van der Waals surface area contributed by atoms with Crippen molar-refractivity contribution in [1.29, 1.82) is 0 Å². The number of nitrogens with zero attached hydrogens (tertiary/aromatic N) is 3. The number of carboxylic acids is 1. The molecule has 2 atom stereocenters. The first-order valence-corrected chi connectivity index (χ1v) is 9.55. The van der Waals surface area contributed by atoms with Gasteiger partial charge in [0.05, 0.1) is 24.3 Å². The molecular weight excluding hydrogens is 358 g/mol. The molecule has 4 N–H and O–H groups in total. The summed E-state index contributed by atoms with van der Waals surface area (Å²) in [6.45, 7) is 3.75. The lowest BCUT2D eigenvalue weighted by atomic mass is 9.89. The average Bonchev–Trinajstić information content (AvgIpc) is 3.07. The topological polar surface area (TPSA) is 112 Å². The third kappa shape index (κ3) is 4.26. The van der Waals surface area contributed by atoms with Gasteiger partial charge in [0.25, 0.3) is 0 Å². The van der Waals surface area contributed by atoms with Gasteiger partial charge in [0.15, 0.2) is 0 Å². The maximum Gasteiger partial charge on any atom is 0.335 e. The van der Waals surface area contributed by atoms with Crippen LogP contribution in [-0.2, 0) is 4.79 Å². The van der Waals surface area contributed by atoms with E-state index in [0.717, 1.165) is 38.8 Å². The number of amides is 1. The minimum Gasteiger partial charge on any atom is -0.478 e. The zero-order valence-corrected chi connectivity index (χ0v) is 16.1. The molecule has 0 radical (unpaired) electrons. The van der Waals surface area contributed by atoms with Crippen LogP contribution in [0.25, 0.3) is 0 Å². The van der Waals surface area contributed by atoms with Gasteiger partial charge in [-0.15, -0.1) is 6.42 Å². The molecule has 1 amide bonds. The standard InChI is InChI=1S/C20H27N5O3/c1-3-15-4-5-16(21)25(15)18(26)13-23-20(2)7-10-24(11-8-20)17-12-14(19(27)28)6-9-22-17/h1,6,9,12,15-16,23H,4-5,7-8,10-11,13,21H2,2H3,(H,27,28)/t15-,16-/m0/s1. The Balaban J connectivity index is 1.55. The molecule has 0 unspecified atom stereocenters. The molecular formula is C20H27N5O3. The number of carbonyl (C=O) groups is 2. The predicted molar refractivity (Wildman–Crippen MR) is 106 cm³/mol. The number of anilines is 1. The SMILES string of the molecule is C#C[C@H]1CC[C@@H](N)N1C(=O)CNC1(C)CCN(c2cc(C(=O)O)ccn2)CC1. The second-order valence-electron chi connectivity index (χ2n) is 7.74. The van der Waals surface area contributed by atoms with Crippen LogP contribution in [0.4, 0.5) is 5.82 Å². The number of piperidine rings is 1. The number of hydrogen-bond donors (Lipinski definition) is 3. The highest BCUT2D eigenvalue weighted by molar-refractivity contribution is 5.88. The van der Waals surface area contributed by atoms with Crippen molar-refractivity contribution in [2.24, 2.45) is 5.73 Å². The van der Waals surface area contributed by atoms with Crippen LogP contribution < -0.4 is 16.0 Å². The van der Waals surface area contributed by atoms with Gasteiger partial charge in [0, 0.05) is 24.8 Å². The average molecular weight is 385 g/mol. The number of likely N-dealkylation sites (tertiary alicyclic amines) is 1. The van der Waals surface area contributed by atoms with Gasteiger partial charge in [0.1, 0.15) is 5.82 Å². The first kappa shape index (κ1) is 20.1. The third-order valence-corrected chi connectivity index (χ3v) is 5.76. The van der Waals surface area contributed by atoms with Crippen molar-refractivity contribution in [3.8, 4) is 12.3 Å². The molecule has 0 aromatic carbocycles. The molecule has 1 aromatic rings. The fourth-order valence-corrected chi connectivity index (χ4v) is 3.87. The smallest absolute Gasteiger partial charge is 0.335 e. The molecule has 3 heterocycles. The van der Waals surface area contributed by atoms with Gasteiger partial charge in [0.2, 0.25) is 5.91 Å². The predicted octanol–water partition coefficient (Wildman–Crippen LogP) is 0.637. The van der Waals surface area contributed by atoms with Crippen LogP contribution in [0.1, 0.15) is 43.0 Å². The summed E-state index contributed by atoms with van der Waals surface area (Å²) in [6, 6.07) is 2.86. The molecule has 0 saturated carbocycles. The normalized spacial score (nSPS) is 24.0. The van der Waals surface area contributed by atoms with Gasteiger partial charge in [-0.25, -0.2) is 9.78 Å². The second kappa shape index (κ2) is 8.17. The van der Waals surface area contributed by atoms with Gasteiger partial charge in [-0.05, 0) is 44.7 Å². The van der Waals surface area contributed by atoms with Crippen molar-refractivity contribution in [2.45, 2.75) is 50.4 Å². The minimum absolute atomic E-state index is 0.0626. The largest absolute Gasteiger partial charge is 0.478 e. The van der Waals surface area contributed by atoms with E-state index in [0.29, 0.717) is 5.82 Å². The van der Waals surface area contributed by atoms with Crippen molar-refractivity contribution >= 4 is 17.7 Å². The molecule has 2 saturated heterocycles. The second-order valence-corrected chi connectivity index (χ2v) is 7.74. The number of terminal acetylenes is 1. The molecule has 0 bridgehead atoms. The first-order valence-electron chi connectivity index (χ1n) is 9.55. The summed E-state index contributed by atoms with van der Waals surface area (Å²) in [4.78, 5) is 31.7. The number of hydrogen-bond acceptors (Lipinski definition) is 6. The summed E-state index contributed by atoms with van der Waals surface area (Å²) >= 11 is 0. The Bertz CT molecular complexity index is 782. The molecule has 1 aromatic heterocycles. The lowest BCUT2D eigenvalue weighted by Gasteiger charge is -2.41. The molecule has 0 aliphatic carbocycles. The van der Waals surface area contributed by atoms with E-state index in [1.807, 2.05) is 0 Å². The maximum atomic E-state index is 12.6. The molecule has 150 valence electrons. The highest BCUT2D eigenvalue weighted by Gasteiger charge is 2.35. The monoisotopic (exact) mass is 385 g/mol. The number of aromatic carboxylic acids is 1. The summed E-state index contributed by atoms with van der Waals surface area (Å²) in [5, 5.41) is 12.5.